The Kier molecular flexibility index (Phi) is 4.23. The molecular formula is C14H23NOS. The molecule has 3 atom stereocenters. The fourth-order valence-electron chi connectivity index (χ4n) is 2.80. The van der Waals surface area contributed by atoms with Crippen LogP contribution in [0.15, 0.2) is 6.07 Å². The molecule has 2 nitrogen and oxygen atoms in total. The van der Waals surface area contributed by atoms with E-state index < -0.39 is 0 Å². The van der Waals surface area contributed by atoms with E-state index in [1.807, 2.05) is 11.3 Å². The second kappa shape index (κ2) is 5.51. The summed E-state index contributed by atoms with van der Waals surface area (Å²) in [5.41, 5.74) is 1.39. The maximum absolute atomic E-state index is 9.98. The van der Waals surface area contributed by atoms with E-state index in [9.17, 15) is 5.11 Å². The van der Waals surface area contributed by atoms with Crippen molar-refractivity contribution in [1.82, 2.24) is 5.32 Å². The molecule has 1 fully saturated rings. The lowest BCUT2D eigenvalue weighted by Crippen LogP contribution is -2.43. The second-order valence-electron chi connectivity index (χ2n) is 5.22. The predicted octanol–water partition coefficient (Wildman–Crippen LogP) is 3.32. The largest absolute Gasteiger partial charge is 0.392 e. The third-order valence-corrected chi connectivity index (χ3v) is 4.72. The number of hydrogen-bond acceptors (Lipinski definition) is 3. The van der Waals surface area contributed by atoms with E-state index in [1.54, 1.807) is 0 Å². The highest BCUT2D eigenvalue weighted by atomic mass is 32.1. The minimum atomic E-state index is -0.161. The van der Waals surface area contributed by atoms with Crippen molar-refractivity contribution >= 4 is 11.3 Å². The van der Waals surface area contributed by atoms with E-state index in [0.717, 1.165) is 12.8 Å². The molecule has 2 N–H and O–H groups in total. The molecule has 1 aromatic rings. The number of nitrogens with one attached hydrogen (secondary N) is 1. The quantitative estimate of drug-likeness (QED) is 0.866. The van der Waals surface area contributed by atoms with E-state index in [1.165, 1.54) is 28.2 Å². The summed E-state index contributed by atoms with van der Waals surface area (Å²) in [5, 5.41) is 13.6. The van der Waals surface area contributed by atoms with Crippen molar-refractivity contribution in [3.63, 3.8) is 0 Å². The number of aliphatic hydroxyl groups is 1. The van der Waals surface area contributed by atoms with Gasteiger partial charge in [0.2, 0.25) is 0 Å². The Bertz CT molecular complexity index is 374. The van der Waals surface area contributed by atoms with Crippen LogP contribution in [0.3, 0.4) is 0 Å². The lowest BCUT2D eigenvalue weighted by molar-refractivity contribution is 0.0859. The second-order valence-corrected chi connectivity index (χ2v) is 6.68. The minimum Gasteiger partial charge on any atom is -0.392 e. The molecule has 0 bridgehead atoms. The van der Waals surface area contributed by atoms with Crippen LogP contribution in [0.5, 0.6) is 0 Å². The van der Waals surface area contributed by atoms with Gasteiger partial charge < -0.3 is 10.4 Å². The van der Waals surface area contributed by atoms with Gasteiger partial charge in [-0.2, -0.15) is 0 Å². The average molecular weight is 253 g/mol. The van der Waals surface area contributed by atoms with Gasteiger partial charge in [0.05, 0.1) is 6.10 Å². The summed E-state index contributed by atoms with van der Waals surface area (Å²) < 4.78 is 0. The van der Waals surface area contributed by atoms with Crippen molar-refractivity contribution < 1.29 is 5.11 Å². The van der Waals surface area contributed by atoms with Crippen LogP contribution in [-0.4, -0.2) is 17.3 Å². The van der Waals surface area contributed by atoms with Gasteiger partial charge in [0.15, 0.2) is 0 Å². The van der Waals surface area contributed by atoms with Gasteiger partial charge in [-0.1, -0.05) is 12.8 Å². The summed E-state index contributed by atoms with van der Waals surface area (Å²) >= 11 is 1.86. The molecule has 0 aliphatic heterocycles. The molecule has 1 unspecified atom stereocenters. The summed E-state index contributed by atoms with van der Waals surface area (Å²) in [5.74, 6) is 0. The van der Waals surface area contributed by atoms with Crippen LogP contribution in [-0.2, 0) is 0 Å². The highest BCUT2D eigenvalue weighted by Crippen LogP contribution is 2.28. The molecular weight excluding hydrogens is 230 g/mol. The van der Waals surface area contributed by atoms with Gasteiger partial charge in [-0.3, -0.25) is 0 Å². The van der Waals surface area contributed by atoms with Crippen molar-refractivity contribution in [3.05, 3.63) is 21.4 Å². The summed E-state index contributed by atoms with van der Waals surface area (Å²) in [4.78, 5) is 2.77. The summed E-state index contributed by atoms with van der Waals surface area (Å²) in [6.45, 7) is 6.54. The Morgan fingerprint density at radius 1 is 1.35 bits per heavy atom. The van der Waals surface area contributed by atoms with Gasteiger partial charge in [0.25, 0.3) is 0 Å². The zero-order chi connectivity index (χ0) is 12.4. The van der Waals surface area contributed by atoms with Crippen molar-refractivity contribution in [3.8, 4) is 0 Å². The third kappa shape index (κ3) is 3.09. The molecule has 1 saturated carbocycles. The molecule has 1 heterocycles. The van der Waals surface area contributed by atoms with Crippen LogP contribution in [0.2, 0.25) is 0 Å². The van der Waals surface area contributed by atoms with Gasteiger partial charge in [-0.05, 0) is 45.2 Å². The Labute approximate surface area is 108 Å². The number of hydrogen-bond donors (Lipinski definition) is 2. The van der Waals surface area contributed by atoms with E-state index in [0.29, 0.717) is 6.04 Å². The van der Waals surface area contributed by atoms with Crippen molar-refractivity contribution in [1.29, 1.82) is 0 Å². The molecule has 1 aromatic heterocycles. The van der Waals surface area contributed by atoms with Gasteiger partial charge in [-0.25, -0.2) is 0 Å². The standard InChI is InChI=1S/C14H23NOS/c1-9-8-12(11(3)17-9)10(2)15-13-6-4-5-7-14(13)16/h8,10,13-16H,4-7H2,1-3H3/t10?,13-,14-/m0/s1. The fraction of sp³-hybridized carbons (Fsp3) is 0.714. The Balaban J connectivity index is 2.00. The number of thiophene rings is 1. The lowest BCUT2D eigenvalue weighted by atomic mass is 9.91. The number of aryl methyl sites for hydroxylation is 2. The first-order valence-corrected chi connectivity index (χ1v) is 7.40. The number of rotatable bonds is 3. The highest BCUT2D eigenvalue weighted by Gasteiger charge is 2.25. The Morgan fingerprint density at radius 3 is 2.65 bits per heavy atom. The molecule has 0 radical (unpaired) electrons. The molecule has 2 rings (SSSR count). The third-order valence-electron chi connectivity index (χ3n) is 3.74. The van der Waals surface area contributed by atoms with E-state index >= 15 is 0 Å². The van der Waals surface area contributed by atoms with Crippen LogP contribution in [0, 0.1) is 13.8 Å². The molecule has 3 heteroatoms. The van der Waals surface area contributed by atoms with Crippen LogP contribution in [0.25, 0.3) is 0 Å². The lowest BCUT2D eigenvalue weighted by Gasteiger charge is -2.31. The van der Waals surface area contributed by atoms with Crippen molar-refractivity contribution in [2.24, 2.45) is 0 Å². The van der Waals surface area contributed by atoms with Gasteiger partial charge >= 0.3 is 0 Å². The zero-order valence-electron chi connectivity index (χ0n) is 11.0. The summed E-state index contributed by atoms with van der Waals surface area (Å²) in [7, 11) is 0. The topological polar surface area (TPSA) is 32.3 Å². The molecule has 0 saturated heterocycles. The average Bonchev–Trinajstić information content (AvgIpc) is 2.61. The zero-order valence-corrected chi connectivity index (χ0v) is 11.8. The van der Waals surface area contributed by atoms with E-state index in [2.05, 4.69) is 32.2 Å². The smallest absolute Gasteiger partial charge is 0.0693 e. The monoisotopic (exact) mass is 253 g/mol. The van der Waals surface area contributed by atoms with Crippen LogP contribution in [0.1, 0.15) is 54.0 Å². The van der Waals surface area contributed by atoms with Gasteiger partial charge in [-0.15, -0.1) is 11.3 Å². The molecule has 0 amide bonds. The first-order chi connectivity index (χ1) is 8.08. The van der Waals surface area contributed by atoms with E-state index in [4.69, 9.17) is 0 Å². The molecule has 96 valence electrons. The fourth-order valence-corrected chi connectivity index (χ4v) is 3.82. The van der Waals surface area contributed by atoms with Crippen LogP contribution >= 0.6 is 11.3 Å². The maximum atomic E-state index is 9.98. The Morgan fingerprint density at radius 2 is 2.06 bits per heavy atom. The molecule has 1 aliphatic rings. The van der Waals surface area contributed by atoms with E-state index in [-0.39, 0.29) is 12.1 Å². The minimum absolute atomic E-state index is 0.161. The molecule has 0 aromatic carbocycles. The SMILES string of the molecule is Cc1cc(C(C)N[C@H]2CCCC[C@@H]2O)c(C)s1. The highest BCUT2D eigenvalue weighted by molar-refractivity contribution is 7.12. The molecule has 17 heavy (non-hydrogen) atoms. The summed E-state index contributed by atoms with van der Waals surface area (Å²) in [6.07, 6.45) is 4.30. The first kappa shape index (κ1) is 13.1. The Hall–Kier alpha value is -0.380. The van der Waals surface area contributed by atoms with Crippen LogP contribution < -0.4 is 5.32 Å². The van der Waals surface area contributed by atoms with Gasteiger partial charge in [0, 0.05) is 21.8 Å². The van der Waals surface area contributed by atoms with Gasteiger partial charge in [0.1, 0.15) is 0 Å². The molecule has 0 spiro atoms. The maximum Gasteiger partial charge on any atom is 0.0693 e. The summed E-state index contributed by atoms with van der Waals surface area (Å²) in [6, 6.07) is 2.89. The van der Waals surface area contributed by atoms with Crippen molar-refractivity contribution in [2.75, 3.05) is 0 Å². The molecule has 1 aliphatic carbocycles. The normalized spacial score (nSPS) is 27.1. The predicted molar refractivity (Wildman–Crippen MR) is 73.6 cm³/mol. The van der Waals surface area contributed by atoms with Crippen LogP contribution in [0.4, 0.5) is 0 Å². The van der Waals surface area contributed by atoms with Crippen molar-refractivity contribution in [2.45, 2.75) is 64.6 Å². The first-order valence-electron chi connectivity index (χ1n) is 6.59. The number of aliphatic hydroxyl groups excluding tert-OH is 1.